The van der Waals surface area contributed by atoms with Crippen molar-refractivity contribution in [3.05, 3.63) is 23.8 Å². The number of hydrazone groups is 1. The van der Waals surface area contributed by atoms with Crippen LogP contribution in [0.1, 0.15) is 45.1 Å². The fourth-order valence-corrected chi connectivity index (χ4v) is 2.20. The second-order valence-electron chi connectivity index (χ2n) is 5.09. The maximum absolute atomic E-state index is 5.80. The number of hydrazine groups is 1. The molecule has 0 saturated heterocycles. The number of hydrogen-bond donors (Lipinski definition) is 3. The van der Waals surface area contributed by atoms with E-state index < -0.39 is 0 Å². The Bertz CT molecular complexity index is 507. The Morgan fingerprint density at radius 2 is 2.04 bits per heavy atom. The van der Waals surface area contributed by atoms with Crippen LogP contribution in [0.5, 0.6) is 11.5 Å². The first-order valence-corrected chi connectivity index (χ1v) is 8.55. The standard InChI is InChI=1S/C17H27N3O2S/c1-4-6-7-8-11-22-15-10-9-14(12-16(15)21-3)13-19-20-17(23)18-5-2/h9-10,12-13H,4-8,11H2,1-3H3,(H2,18,20,23)/p+1. The van der Waals surface area contributed by atoms with Gasteiger partial charge in [0, 0.05) is 12.1 Å². The minimum absolute atomic E-state index is 0.558. The van der Waals surface area contributed by atoms with E-state index >= 15 is 0 Å². The molecule has 6 heteroatoms. The van der Waals surface area contributed by atoms with Gasteiger partial charge in [-0.3, -0.25) is 0 Å². The van der Waals surface area contributed by atoms with Crippen LogP contribution in [0.2, 0.25) is 0 Å². The first kappa shape index (κ1) is 19.2. The molecule has 0 unspecified atom stereocenters. The van der Waals surface area contributed by atoms with Gasteiger partial charge in [-0.1, -0.05) is 26.2 Å². The lowest BCUT2D eigenvalue weighted by molar-refractivity contribution is -0.500. The minimum Gasteiger partial charge on any atom is -0.493 e. The van der Waals surface area contributed by atoms with Crippen molar-refractivity contribution in [1.82, 2.24) is 10.7 Å². The van der Waals surface area contributed by atoms with Gasteiger partial charge < -0.3 is 14.8 Å². The van der Waals surface area contributed by atoms with Gasteiger partial charge >= 0.3 is 0 Å². The van der Waals surface area contributed by atoms with Crippen LogP contribution in [0.4, 0.5) is 0 Å². The average molecular weight is 338 g/mol. The summed E-state index contributed by atoms with van der Waals surface area (Å²) in [6.07, 6.45) is 6.56. The SMILES string of the molecule is CCCCCCOc1ccc(C=[NH+]NC(=S)NCC)cc1OC. The molecule has 1 aromatic carbocycles. The highest BCUT2D eigenvalue weighted by atomic mass is 32.1. The third-order valence-electron chi connectivity index (χ3n) is 3.21. The van der Waals surface area contributed by atoms with E-state index in [4.69, 9.17) is 21.7 Å². The summed E-state index contributed by atoms with van der Waals surface area (Å²) in [5.41, 5.74) is 3.85. The van der Waals surface area contributed by atoms with Gasteiger partial charge in [0.05, 0.1) is 13.7 Å². The van der Waals surface area contributed by atoms with Crippen LogP contribution in [0.15, 0.2) is 18.2 Å². The lowest BCUT2D eigenvalue weighted by atomic mass is 10.2. The smallest absolute Gasteiger partial charge is 0.223 e. The Kier molecular flexibility index (Phi) is 9.79. The number of nitrogens with one attached hydrogen (secondary N) is 3. The van der Waals surface area contributed by atoms with Crippen LogP contribution >= 0.6 is 12.2 Å². The van der Waals surface area contributed by atoms with Gasteiger partial charge in [0.15, 0.2) is 17.7 Å². The van der Waals surface area contributed by atoms with Crippen LogP contribution in [0, 0.1) is 0 Å². The highest BCUT2D eigenvalue weighted by Crippen LogP contribution is 2.27. The molecule has 1 rings (SSSR count). The van der Waals surface area contributed by atoms with E-state index in [2.05, 4.69) is 22.8 Å². The zero-order valence-electron chi connectivity index (χ0n) is 14.3. The predicted molar refractivity (Wildman–Crippen MR) is 98.2 cm³/mol. The largest absolute Gasteiger partial charge is 0.493 e. The maximum Gasteiger partial charge on any atom is 0.223 e. The highest BCUT2D eigenvalue weighted by Gasteiger charge is 2.06. The third kappa shape index (κ3) is 7.83. The summed E-state index contributed by atoms with van der Waals surface area (Å²) in [7, 11) is 1.65. The molecular formula is C17H28N3O2S+. The number of ether oxygens (including phenoxy) is 2. The second kappa shape index (κ2) is 11.7. The molecule has 128 valence electrons. The summed E-state index contributed by atoms with van der Waals surface area (Å²) in [5.74, 6) is 1.50. The molecule has 0 radical (unpaired) electrons. The minimum atomic E-state index is 0.558. The molecule has 1 aromatic rings. The lowest BCUT2D eigenvalue weighted by Gasteiger charge is -2.10. The van der Waals surface area contributed by atoms with E-state index in [-0.39, 0.29) is 0 Å². The first-order chi connectivity index (χ1) is 11.2. The Balaban J connectivity index is 2.54. The fraction of sp³-hybridized carbons (Fsp3) is 0.529. The normalized spacial score (nSPS) is 10.6. The molecule has 0 atom stereocenters. The van der Waals surface area contributed by atoms with E-state index in [1.165, 1.54) is 19.3 Å². The summed E-state index contributed by atoms with van der Waals surface area (Å²) in [5, 5.41) is 6.50. The molecule has 0 fully saturated rings. The van der Waals surface area contributed by atoms with Crippen molar-refractivity contribution in [2.75, 3.05) is 20.3 Å². The fourth-order valence-electron chi connectivity index (χ4n) is 1.99. The zero-order valence-corrected chi connectivity index (χ0v) is 15.1. The van der Waals surface area contributed by atoms with Crippen molar-refractivity contribution < 1.29 is 14.6 Å². The van der Waals surface area contributed by atoms with Gasteiger partial charge in [-0.05, 0) is 43.8 Å². The predicted octanol–water partition coefficient (Wildman–Crippen LogP) is 1.55. The number of benzene rings is 1. The lowest BCUT2D eigenvalue weighted by Crippen LogP contribution is -2.82. The van der Waals surface area contributed by atoms with Gasteiger partial charge in [0.1, 0.15) is 0 Å². The molecule has 0 aliphatic heterocycles. The quantitative estimate of drug-likeness (QED) is 0.262. The number of hydrogen-bond acceptors (Lipinski definition) is 3. The van der Waals surface area contributed by atoms with Gasteiger partial charge in [-0.15, -0.1) is 10.5 Å². The van der Waals surface area contributed by atoms with Gasteiger partial charge in [-0.25, -0.2) is 0 Å². The topological polar surface area (TPSA) is 56.5 Å². The first-order valence-electron chi connectivity index (χ1n) is 8.14. The van der Waals surface area contributed by atoms with Crippen molar-refractivity contribution >= 4 is 23.5 Å². The van der Waals surface area contributed by atoms with Gasteiger partial charge in [0.2, 0.25) is 5.11 Å². The monoisotopic (exact) mass is 338 g/mol. The summed E-state index contributed by atoms with van der Waals surface area (Å²) in [4.78, 5) is 0. The molecule has 3 N–H and O–H groups in total. The van der Waals surface area contributed by atoms with E-state index in [0.717, 1.165) is 36.6 Å². The summed E-state index contributed by atoms with van der Waals surface area (Å²) >= 11 is 5.07. The Labute approximate surface area is 144 Å². The average Bonchev–Trinajstić information content (AvgIpc) is 2.55. The number of rotatable bonds is 10. The Morgan fingerprint density at radius 1 is 1.22 bits per heavy atom. The molecule has 0 aliphatic carbocycles. The molecule has 0 aliphatic rings. The van der Waals surface area contributed by atoms with Crippen LogP contribution < -0.4 is 25.3 Å². The van der Waals surface area contributed by atoms with Gasteiger partial charge in [-0.2, -0.15) is 0 Å². The summed E-state index contributed by atoms with van der Waals surface area (Å²) < 4.78 is 11.2. The molecule has 0 saturated carbocycles. The van der Waals surface area contributed by atoms with Crippen LogP contribution in [0.25, 0.3) is 0 Å². The van der Waals surface area contributed by atoms with Crippen molar-refractivity contribution in [3.63, 3.8) is 0 Å². The molecule has 0 amide bonds. The number of unbranched alkanes of at least 4 members (excludes halogenated alkanes) is 3. The third-order valence-corrected chi connectivity index (χ3v) is 3.45. The summed E-state index contributed by atoms with van der Waals surface area (Å²) in [6, 6.07) is 5.82. The molecule has 5 nitrogen and oxygen atoms in total. The number of methoxy groups -OCH3 is 1. The molecular weight excluding hydrogens is 310 g/mol. The van der Waals surface area contributed by atoms with Gasteiger partial charge in [0.25, 0.3) is 0 Å². The van der Waals surface area contributed by atoms with E-state index in [9.17, 15) is 0 Å². The van der Waals surface area contributed by atoms with E-state index in [1.807, 2.05) is 31.3 Å². The molecule has 0 bridgehead atoms. The van der Waals surface area contributed by atoms with Crippen LogP contribution in [-0.2, 0) is 0 Å². The Hall–Kier alpha value is -1.82. The molecule has 0 heterocycles. The van der Waals surface area contributed by atoms with Crippen LogP contribution in [0.3, 0.4) is 0 Å². The van der Waals surface area contributed by atoms with Crippen molar-refractivity contribution in [2.24, 2.45) is 0 Å². The molecule has 0 spiro atoms. The zero-order chi connectivity index (χ0) is 16.9. The van der Waals surface area contributed by atoms with Crippen molar-refractivity contribution in [3.8, 4) is 11.5 Å². The van der Waals surface area contributed by atoms with E-state index in [0.29, 0.717) is 5.11 Å². The Morgan fingerprint density at radius 3 is 2.74 bits per heavy atom. The second-order valence-corrected chi connectivity index (χ2v) is 5.50. The molecule has 23 heavy (non-hydrogen) atoms. The number of thiocarbonyl (C=S) groups is 1. The highest BCUT2D eigenvalue weighted by molar-refractivity contribution is 7.80. The van der Waals surface area contributed by atoms with E-state index in [1.54, 1.807) is 7.11 Å². The van der Waals surface area contributed by atoms with Crippen molar-refractivity contribution in [1.29, 1.82) is 0 Å². The summed E-state index contributed by atoms with van der Waals surface area (Å²) in [6.45, 7) is 5.69. The van der Waals surface area contributed by atoms with Crippen molar-refractivity contribution in [2.45, 2.75) is 39.5 Å². The molecule has 0 aromatic heterocycles. The maximum atomic E-state index is 5.80. The van der Waals surface area contributed by atoms with Crippen LogP contribution in [-0.4, -0.2) is 31.6 Å².